The Hall–Kier alpha value is -1.24. The summed E-state index contributed by atoms with van der Waals surface area (Å²) < 4.78 is 6.44. The molecule has 6 heteroatoms. The molecule has 0 amide bonds. The molecular weight excluding hydrogens is 368 g/mol. The van der Waals surface area contributed by atoms with Gasteiger partial charge in [0.15, 0.2) is 0 Å². The van der Waals surface area contributed by atoms with Crippen LogP contribution in [0.4, 0.5) is 5.69 Å². The lowest BCUT2D eigenvalue weighted by Crippen LogP contribution is -2.48. The van der Waals surface area contributed by atoms with E-state index in [9.17, 15) is 0 Å². The smallest absolute Gasteiger partial charge is 0.112 e. The molecule has 0 radical (unpaired) electrons. The number of halogens is 1. The van der Waals surface area contributed by atoms with Crippen molar-refractivity contribution in [2.24, 2.45) is 5.92 Å². The van der Waals surface area contributed by atoms with E-state index in [1.807, 2.05) is 18.5 Å². The van der Waals surface area contributed by atoms with Crippen molar-refractivity contribution in [1.29, 1.82) is 0 Å². The summed E-state index contributed by atoms with van der Waals surface area (Å²) in [6, 6.07) is 4.13. The number of ether oxygens (including phenoxy) is 1. The van der Waals surface area contributed by atoms with Gasteiger partial charge in [-0.15, -0.1) is 0 Å². The Morgan fingerprint density at radius 1 is 1.12 bits per heavy atom. The molecule has 0 saturated carbocycles. The first kappa shape index (κ1) is 16.2. The minimum atomic E-state index is 0.811. The van der Waals surface area contributed by atoms with Crippen LogP contribution in [0.3, 0.4) is 0 Å². The van der Waals surface area contributed by atoms with E-state index in [0.717, 1.165) is 60.8 Å². The average Bonchev–Trinajstić information content (AvgIpc) is 2.62. The number of nitrogens with zero attached hydrogens (tertiary/aromatic N) is 4. The normalized spacial score (nSPS) is 20.6. The van der Waals surface area contributed by atoms with Gasteiger partial charge in [0.1, 0.15) is 5.52 Å². The molecule has 4 heterocycles. The number of pyridine rings is 2. The highest BCUT2D eigenvalue weighted by Gasteiger charge is 2.23. The van der Waals surface area contributed by atoms with Gasteiger partial charge in [0.2, 0.25) is 0 Å². The highest BCUT2D eigenvalue weighted by atomic mass is 79.9. The number of rotatable bonds is 3. The number of piperazine rings is 1. The average molecular weight is 391 g/mol. The van der Waals surface area contributed by atoms with Gasteiger partial charge in [0, 0.05) is 62.8 Å². The molecule has 0 N–H and O–H groups in total. The molecule has 2 fully saturated rings. The molecule has 2 aliphatic rings. The van der Waals surface area contributed by atoms with E-state index in [2.05, 4.69) is 41.8 Å². The van der Waals surface area contributed by atoms with Gasteiger partial charge in [-0.2, -0.15) is 0 Å². The summed E-state index contributed by atoms with van der Waals surface area (Å²) in [7, 11) is 0. The van der Waals surface area contributed by atoms with Crippen LogP contribution >= 0.6 is 15.9 Å². The molecule has 2 aromatic heterocycles. The molecule has 0 aliphatic carbocycles. The first-order valence-corrected chi connectivity index (χ1v) is 9.54. The van der Waals surface area contributed by atoms with Crippen molar-refractivity contribution in [3.63, 3.8) is 0 Å². The Morgan fingerprint density at radius 2 is 1.92 bits per heavy atom. The maximum Gasteiger partial charge on any atom is 0.112 e. The van der Waals surface area contributed by atoms with Crippen molar-refractivity contribution in [3.05, 3.63) is 29.0 Å². The van der Waals surface area contributed by atoms with Gasteiger partial charge >= 0.3 is 0 Å². The largest absolute Gasteiger partial charge is 0.381 e. The molecule has 2 aromatic rings. The quantitative estimate of drug-likeness (QED) is 0.805. The fraction of sp³-hybridized carbons (Fsp3) is 0.556. The van der Waals surface area contributed by atoms with Gasteiger partial charge in [-0.25, -0.2) is 0 Å². The van der Waals surface area contributed by atoms with Crippen LogP contribution in [0.5, 0.6) is 0 Å². The van der Waals surface area contributed by atoms with Crippen molar-refractivity contribution in [2.75, 3.05) is 50.8 Å². The minimum absolute atomic E-state index is 0.811. The Morgan fingerprint density at radius 3 is 2.71 bits per heavy atom. The van der Waals surface area contributed by atoms with Gasteiger partial charge in [-0.3, -0.25) is 14.9 Å². The maximum atomic E-state index is 5.47. The summed E-state index contributed by atoms with van der Waals surface area (Å²) >= 11 is 3.48. The lowest BCUT2D eigenvalue weighted by Gasteiger charge is -2.38. The Bertz CT molecular complexity index is 696. The van der Waals surface area contributed by atoms with E-state index in [4.69, 9.17) is 4.74 Å². The number of aromatic nitrogens is 2. The van der Waals surface area contributed by atoms with Crippen LogP contribution in [0.25, 0.3) is 11.0 Å². The van der Waals surface area contributed by atoms with Gasteiger partial charge < -0.3 is 9.64 Å². The first-order chi connectivity index (χ1) is 11.8. The van der Waals surface area contributed by atoms with Crippen LogP contribution in [-0.4, -0.2) is 60.8 Å². The Kier molecular flexibility index (Phi) is 4.96. The molecule has 0 unspecified atom stereocenters. The second-order valence-electron chi connectivity index (χ2n) is 6.69. The van der Waals surface area contributed by atoms with Crippen LogP contribution < -0.4 is 4.90 Å². The highest BCUT2D eigenvalue weighted by Crippen LogP contribution is 2.26. The lowest BCUT2D eigenvalue weighted by molar-refractivity contribution is 0.0517. The van der Waals surface area contributed by atoms with Crippen LogP contribution in [-0.2, 0) is 4.74 Å². The van der Waals surface area contributed by atoms with Crippen LogP contribution in [0.2, 0.25) is 0 Å². The predicted octanol–water partition coefficient (Wildman–Crippen LogP) is 2.94. The highest BCUT2D eigenvalue weighted by molar-refractivity contribution is 9.10. The van der Waals surface area contributed by atoms with E-state index in [1.165, 1.54) is 25.1 Å². The third-order valence-corrected chi connectivity index (χ3v) is 5.53. The topological polar surface area (TPSA) is 41.5 Å². The molecule has 0 atom stereocenters. The summed E-state index contributed by atoms with van der Waals surface area (Å²) in [6.45, 7) is 7.46. The number of hydrogen-bond acceptors (Lipinski definition) is 5. The molecule has 5 nitrogen and oxygen atoms in total. The van der Waals surface area contributed by atoms with Crippen molar-refractivity contribution < 1.29 is 4.74 Å². The fourth-order valence-corrected chi connectivity index (χ4v) is 4.03. The molecule has 128 valence electrons. The Balaban J connectivity index is 1.42. The molecule has 0 bridgehead atoms. The van der Waals surface area contributed by atoms with Gasteiger partial charge in [0.05, 0.1) is 11.2 Å². The van der Waals surface area contributed by atoms with Crippen LogP contribution in [0, 0.1) is 5.92 Å². The van der Waals surface area contributed by atoms with E-state index >= 15 is 0 Å². The zero-order chi connectivity index (χ0) is 16.4. The second kappa shape index (κ2) is 7.33. The molecule has 24 heavy (non-hydrogen) atoms. The van der Waals surface area contributed by atoms with E-state index in [1.54, 1.807) is 0 Å². The molecule has 0 aromatic carbocycles. The van der Waals surface area contributed by atoms with Crippen molar-refractivity contribution >= 4 is 32.7 Å². The van der Waals surface area contributed by atoms with Crippen LogP contribution in [0.15, 0.2) is 29.0 Å². The zero-order valence-corrected chi connectivity index (χ0v) is 15.4. The van der Waals surface area contributed by atoms with Gasteiger partial charge in [0.25, 0.3) is 0 Å². The standard InChI is InChI=1S/C18H23BrN4O/c19-15-11-16-18(21-12-15)17(1-4-20-16)23-7-5-22(6-8-23)13-14-2-9-24-10-3-14/h1,4,11-12,14H,2-3,5-10,13H2. The number of hydrogen-bond donors (Lipinski definition) is 0. The summed E-state index contributed by atoms with van der Waals surface area (Å²) in [4.78, 5) is 14.1. The monoisotopic (exact) mass is 390 g/mol. The number of anilines is 1. The van der Waals surface area contributed by atoms with Crippen molar-refractivity contribution in [1.82, 2.24) is 14.9 Å². The summed E-state index contributed by atoms with van der Waals surface area (Å²) in [5, 5.41) is 0. The fourth-order valence-electron chi connectivity index (χ4n) is 3.71. The zero-order valence-electron chi connectivity index (χ0n) is 13.8. The van der Waals surface area contributed by atoms with E-state index in [-0.39, 0.29) is 0 Å². The van der Waals surface area contributed by atoms with Crippen LogP contribution in [0.1, 0.15) is 12.8 Å². The second-order valence-corrected chi connectivity index (χ2v) is 7.61. The first-order valence-electron chi connectivity index (χ1n) is 8.75. The molecule has 4 rings (SSSR count). The SMILES string of the molecule is Brc1cnc2c(N3CCN(CC4CCOCC4)CC3)ccnc2c1. The van der Waals surface area contributed by atoms with Gasteiger partial charge in [-0.05, 0) is 46.8 Å². The minimum Gasteiger partial charge on any atom is -0.381 e. The van der Waals surface area contributed by atoms with Crippen molar-refractivity contribution in [3.8, 4) is 0 Å². The maximum absolute atomic E-state index is 5.47. The summed E-state index contributed by atoms with van der Waals surface area (Å²) in [5.41, 5.74) is 3.16. The number of fused-ring (bicyclic) bond motifs is 1. The molecule has 2 aliphatic heterocycles. The molecule has 2 saturated heterocycles. The third kappa shape index (κ3) is 3.55. The molecule has 0 spiro atoms. The van der Waals surface area contributed by atoms with Gasteiger partial charge in [-0.1, -0.05) is 0 Å². The van der Waals surface area contributed by atoms with E-state index in [0.29, 0.717) is 0 Å². The predicted molar refractivity (Wildman–Crippen MR) is 99.4 cm³/mol. The molecular formula is C18H23BrN4O. The van der Waals surface area contributed by atoms with Crippen molar-refractivity contribution in [2.45, 2.75) is 12.8 Å². The third-order valence-electron chi connectivity index (χ3n) is 5.09. The summed E-state index contributed by atoms with van der Waals surface area (Å²) in [6.07, 6.45) is 6.18. The Labute approximate surface area is 151 Å². The lowest BCUT2D eigenvalue weighted by atomic mass is 9.99. The summed E-state index contributed by atoms with van der Waals surface area (Å²) in [5.74, 6) is 0.811. The van der Waals surface area contributed by atoms with E-state index < -0.39 is 0 Å².